The van der Waals surface area contributed by atoms with Gasteiger partial charge in [-0.15, -0.1) is 0 Å². The highest BCUT2D eigenvalue weighted by atomic mass is 32.2. The van der Waals surface area contributed by atoms with Gasteiger partial charge in [-0.25, -0.2) is 17.8 Å². The van der Waals surface area contributed by atoms with E-state index in [0.29, 0.717) is 25.6 Å². The number of benzene rings is 3. The molecule has 1 aromatic heterocycles. The summed E-state index contributed by atoms with van der Waals surface area (Å²) in [6.07, 6.45) is 1.44. The van der Waals surface area contributed by atoms with Crippen molar-refractivity contribution in [1.82, 2.24) is 13.9 Å². The van der Waals surface area contributed by atoms with Crippen LogP contribution in [0.3, 0.4) is 0 Å². The Bertz CT molecular complexity index is 1380. The van der Waals surface area contributed by atoms with Crippen LogP contribution in [0.2, 0.25) is 0 Å². The molecule has 8 heteroatoms. The van der Waals surface area contributed by atoms with Gasteiger partial charge in [0.05, 0.1) is 15.9 Å². The van der Waals surface area contributed by atoms with Gasteiger partial charge < -0.3 is 9.30 Å². The Morgan fingerprint density at radius 1 is 0.941 bits per heavy atom. The molecule has 0 bridgehead atoms. The highest BCUT2D eigenvalue weighted by molar-refractivity contribution is 7.89. The summed E-state index contributed by atoms with van der Waals surface area (Å²) < 4.78 is 49.1. The standard InChI is InChI=1S/C26H26FN3O3S/c27-21-7-6-10-23(17-21)34(31,32)29-15-13-20(14-16-29)18-30-25-12-5-4-11-24(25)28-26(30)19-33-22-8-2-1-3-9-22/h1-12,17,20H,13-16,18-19H2. The summed E-state index contributed by atoms with van der Waals surface area (Å²) in [7, 11) is -3.70. The second-order valence-electron chi connectivity index (χ2n) is 8.53. The Balaban J connectivity index is 1.30. The number of hydrogen-bond acceptors (Lipinski definition) is 4. The van der Waals surface area contributed by atoms with Crippen molar-refractivity contribution >= 4 is 21.1 Å². The first-order valence-corrected chi connectivity index (χ1v) is 12.8. The number of piperidine rings is 1. The average molecular weight is 480 g/mol. The van der Waals surface area contributed by atoms with Crippen LogP contribution in [0, 0.1) is 11.7 Å². The van der Waals surface area contributed by atoms with E-state index >= 15 is 0 Å². The summed E-state index contributed by atoms with van der Waals surface area (Å²) in [5, 5.41) is 0. The van der Waals surface area contributed by atoms with Crippen molar-refractivity contribution in [3.8, 4) is 5.75 Å². The van der Waals surface area contributed by atoms with Gasteiger partial charge in [0.2, 0.25) is 10.0 Å². The summed E-state index contributed by atoms with van der Waals surface area (Å²) in [6, 6.07) is 22.9. The molecule has 1 aliphatic rings. The first-order chi connectivity index (χ1) is 16.5. The Kier molecular flexibility index (Phi) is 6.34. The Morgan fingerprint density at radius 2 is 1.68 bits per heavy atom. The monoisotopic (exact) mass is 479 g/mol. The summed E-state index contributed by atoms with van der Waals surface area (Å²) in [5.74, 6) is 1.39. The molecule has 0 saturated carbocycles. The Labute approximate surface area is 198 Å². The van der Waals surface area contributed by atoms with Crippen LogP contribution < -0.4 is 4.74 Å². The van der Waals surface area contributed by atoms with Crippen molar-refractivity contribution in [2.24, 2.45) is 5.92 Å². The fourth-order valence-electron chi connectivity index (χ4n) is 4.47. The molecular formula is C26H26FN3O3S. The van der Waals surface area contributed by atoms with Crippen LogP contribution in [0.4, 0.5) is 4.39 Å². The lowest BCUT2D eigenvalue weighted by Gasteiger charge is -2.31. The second-order valence-corrected chi connectivity index (χ2v) is 10.5. The average Bonchev–Trinajstić information content (AvgIpc) is 3.21. The number of para-hydroxylation sites is 3. The van der Waals surface area contributed by atoms with Crippen molar-refractivity contribution < 1.29 is 17.5 Å². The molecule has 3 aromatic carbocycles. The van der Waals surface area contributed by atoms with Crippen molar-refractivity contribution in [2.75, 3.05) is 13.1 Å². The molecule has 0 N–H and O–H groups in total. The molecule has 0 aliphatic carbocycles. The number of nitrogens with zero attached hydrogens (tertiary/aromatic N) is 3. The van der Waals surface area contributed by atoms with Gasteiger partial charge >= 0.3 is 0 Å². The van der Waals surface area contributed by atoms with E-state index in [2.05, 4.69) is 10.6 Å². The minimum atomic E-state index is -3.70. The van der Waals surface area contributed by atoms with E-state index in [1.165, 1.54) is 22.5 Å². The van der Waals surface area contributed by atoms with Crippen LogP contribution in [0.1, 0.15) is 18.7 Å². The lowest BCUT2D eigenvalue weighted by molar-refractivity contribution is 0.244. The highest BCUT2D eigenvalue weighted by Gasteiger charge is 2.30. The minimum absolute atomic E-state index is 0.00639. The predicted molar refractivity (Wildman–Crippen MR) is 128 cm³/mol. The number of ether oxygens (including phenoxy) is 1. The summed E-state index contributed by atoms with van der Waals surface area (Å²) in [6.45, 7) is 1.91. The molecule has 0 amide bonds. The number of sulfonamides is 1. The van der Waals surface area contributed by atoms with E-state index in [9.17, 15) is 12.8 Å². The van der Waals surface area contributed by atoms with Crippen molar-refractivity contribution in [3.63, 3.8) is 0 Å². The van der Waals surface area contributed by atoms with Crippen LogP contribution in [0.5, 0.6) is 5.75 Å². The maximum atomic E-state index is 13.6. The molecule has 1 saturated heterocycles. The van der Waals surface area contributed by atoms with E-state index in [1.54, 1.807) is 0 Å². The van der Waals surface area contributed by atoms with Crippen LogP contribution in [-0.2, 0) is 23.2 Å². The molecule has 34 heavy (non-hydrogen) atoms. The number of hydrogen-bond donors (Lipinski definition) is 0. The SMILES string of the molecule is O=S(=O)(c1cccc(F)c1)N1CCC(Cn2c(COc3ccccc3)nc3ccccc32)CC1. The summed E-state index contributed by atoms with van der Waals surface area (Å²) in [4.78, 5) is 4.80. The Hall–Kier alpha value is -3.23. The molecule has 0 unspecified atom stereocenters. The van der Waals surface area contributed by atoms with Gasteiger partial charge in [-0.2, -0.15) is 4.31 Å². The molecule has 2 heterocycles. The van der Waals surface area contributed by atoms with Gasteiger partial charge in [0, 0.05) is 19.6 Å². The third kappa shape index (κ3) is 4.69. The van der Waals surface area contributed by atoms with E-state index in [4.69, 9.17) is 9.72 Å². The van der Waals surface area contributed by atoms with Gasteiger partial charge in [0.1, 0.15) is 24.0 Å². The predicted octanol–water partition coefficient (Wildman–Crippen LogP) is 4.86. The lowest BCUT2D eigenvalue weighted by atomic mass is 9.98. The third-order valence-corrected chi connectivity index (χ3v) is 8.19. The molecule has 5 rings (SSSR count). The van der Waals surface area contributed by atoms with E-state index < -0.39 is 15.8 Å². The molecule has 176 valence electrons. The van der Waals surface area contributed by atoms with Crippen LogP contribution in [0.25, 0.3) is 11.0 Å². The topological polar surface area (TPSA) is 64.4 Å². The summed E-state index contributed by atoms with van der Waals surface area (Å²) in [5.41, 5.74) is 1.96. The largest absolute Gasteiger partial charge is 0.486 e. The second kappa shape index (κ2) is 9.56. The molecular weight excluding hydrogens is 453 g/mol. The van der Waals surface area contributed by atoms with Crippen LogP contribution >= 0.6 is 0 Å². The number of rotatable bonds is 7. The zero-order chi connectivity index (χ0) is 23.5. The molecule has 1 fully saturated rings. The number of halogens is 1. The quantitative estimate of drug-likeness (QED) is 0.380. The fourth-order valence-corrected chi connectivity index (χ4v) is 5.97. The van der Waals surface area contributed by atoms with E-state index in [-0.39, 0.29) is 4.90 Å². The van der Waals surface area contributed by atoms with Crippen LogP contribution in [-0.4, -0.2) is 35.4 Å². The van der Waals surface area contributed by atoms with Gasteiger partial charge in [-0.3, -0.25) is 0 Å². The Morgan fingerprint density at radius 3 is 2.44 bits per heavy atom. The fraction of sp³-hybridized carbons (Fsp3) is 0.269. The number of fused-ring (bicyclic) bond motifs is 1. The molecule has 6 nitrogen and oxygen atoms in total. The van der Waals surface area contributed by atoms with Gasteiger partial charge in [0.15, 0.2) is 0 Å². The highest BCUT2D eigenvalue weighted by Crippen LogP contribution is 2.27. The smallest absolute Gasteiger partial charge is 0.243 e. The summed E-state index contributed by atoms with van der Waals surface area (Å²) >= 11 is 0. The molecule has 0 atom stereocenters. The molecule has 0 spiro atoms. The first-order valence-electron chi connectivity index (χ1n) is 11.4. The van der Waals surface area contributed by atoms with E-state index in [0.717, 1.165) is 48.1 Å². The first kappa shape index (κ1) is 22.6. The molecule has 1 aliphatic heterocycles. The van der Waals surface area contributed by atoms with Crippen molar-refractivity contribution in [3.05, 3.63) is 90.5 Å². The van der Waals surface area contributed by atoms with Crippen molar-refractivity contribution in [1.29, 1.82) is 0 Å². The maximum Gasteiger partial charge on any atom is 0.243 e. The van der Waals surface area contributed by atoms with Gasteiger partial charge in [0.25, 0.3) is 0 Å². The maximum absolute atomic E-state index is 13.6. The minimum Gasteiger partial charge on any atom is -0.486 e. The van der Waals surface area contributed by atoms with Gasteiger partial charge in [-0.1, -0.05) is 36.4 Å². The molecule has 0 radical (unpaired) electrons. The number of imidazole rings is 1. The zero-order valence-electron chi connectivity index (χ0n) is 18.7. The lowest BCUT2D eigenvalue weighted by Crippen LogP contribution is -2.39. The zero-order valence-corrected chi connectivity index (χ0v) is 19.5. The normalized spacial score (nSPS) is 15.6. The third-order valence-electron chi connectivity index (χ3n) is 6.29. The number of aromatic nitrogens is 2. The van der Waals surface area contributed by atoms with E-state index in [1.807, 2.05) is 48.5 Å². The van der Waals surface area contributed by atoms with Gasteiger partial charge in [-0.05, 0) is 61.2 Å². The van der Waals surface area contributed by atoms with Crippen LogP contribution in [0.15, 0.2) is 83.8 Å². The van der Waals surface area contributed by atoms with Crippen molar-refractivity contribution in [2.45, 2.75) is 30.9 Å². The molecule has 4 aromatic rings.